The van der Waals surface area contributed by atoms with Crippen molar-refractivity contribution in [3.8, 4) is 0 Å². The molecule has 3 N–H and O–H groups in total. The number of hydrogen-bond acceptors (Lipinski definition) is 3. The van der Waals surface area contributed by atoms with Crippen LogP contribution in [0.2, 0.25) is 0 Å². The van der Waals surface area contributed by atoms with E-state index in [-0.39, 0.29) is 0 Å². The minimum absolute atomic E-state index is 0.534. The van der Waals surface area contributed by atoms with Crippen molar-refractivity contribution in [1.29, 1.82) is 0 Å². The first-order chi connectivity index (χ1) is 5.48. The molecule has 0 aliphatic rings. The zero-order valence-electron chi connectivity index (χ0n) is 7.39. The molecular formula is C7H15ClN2O2. The summed E-state index contributed by atoms with van der Waals surface area (Å²) in [6.45, 7) is 4.79. The first-order valence-electron chi connectivity index (χ1n) is 3.73. The first-order valence-corrected chi connectivity index (χ1v) is 4.26. The van der Waals surface area contributed by atoms with Crippen LogP contribution in [0.1, 0.15) is 13.8 Å². The van der Waals surface area contributed by atoms with Gasteiger partial charge in [0.05, 0.1) is 0 Å². The van der Waals surface area contributed by atoms with Crippen molar-refractivity contribution >= 4 is 17.7 Å². The molecule has 0 aliphatic heterocycles. The van der Waals surface area contributed by atoms with Crippen molar-refractivity contribution in [3.63, 3.8) is 0 Å². The molecule has 72 valence electrons. The molecule has 0 saturated heterocycles. The summed E-state index contributed by atoms with van der Waals surface area (Å²) in [5.41, 5.74) is 4.30. The quantitative estimate of drug-likeness (QED) is 0.500. The van der Waals surface area contributed by atoms with Crippen LogP contribution in [-0.4, -0.2) is 30.7 Å². The minimum Gasteiger partial charge on any atom is -0.442 e. The van der Waals surface area contributed by atoms with Crippen LogP contribution in [-0.2, 0) is 4.74 Å². The second-order valence-electron chi connectivity index (χ2n) is 3.05. The number of nitrogens with two attached hydrogens (primary N) is 1. The molecule has 0 aliphatic carbocycles. The van der Waals surface area contributed by atoms with Gasteiger partial charge < -0.3 is 15.8 Å². The lowest BCUT2D eigenvalue weighted by Gasteiger charge is -2.23. The summed E-state index contributed by atoms with van der Waals surface area (Å²) in [4.78, 5) is 10.4. The Balaban J connectivity index is 3.63. The Kier molecular flexibility index (Phi) is 5.01. The summed E-state index contributed by atoms with van der Waals surface area (Å²) >= 11 is 5.44. The van der Waals surface area contributed by atoms with Gasteiger partial charge in [-0.1, -0.05) is 0 Å². The summed E-state index contributed by atoms with van der Waals surface area (Å²) in [7, 11) is 0. The Morgan fingerprint density at radius 1 is 1.67 bits per heavy atom. The van der Waals surface area contributed by atoms with Crippen LogP contribution in [0, 0.1) is 0 Å². The molecule has 0 aromatic carbocycles. The Morgan fingerprint density at radius 3 is 2.67 bits per heavy atom. The zero-order valence-corrected chi connectivity index (χ0v) is 8.15. The van der Waals surface area contributed by atoms with Gasteiger partial charge in [-0.3, -0.25) is 0 Å². The van der Waals surface area contributed by atoms with Crippen molar-refractivity contribution < 1.29 is 9.53 Å². The van der Waals surface area contributed by atoms with E-state index in [0.29, 0.717) is 19.0 Å². The average molecular weight is 195 g/mol. The van der Waals surface area contributed by atoms with Crippen LogP contribution >= 0.6 is 11.6 Å². The molecule has 0 aromatic heterocycles. The molecule has 0 radical (unpaired) electrons. The van der Waals surface area contributed by atoms with Crippen molar-refractivity contribution in [1.82, 2.24) is 5.32 Å². The Bertz CT molecular complexity index is 150. The van der Waals surface area contributed by atoms with Gasteiger partial charge in [-0.25, -0.2) is 4.79 Å². The number of nitrogens with one attached hydrogen (secondary N) is 1. The molecule has 0 heterocycles. The molecular weight excluding hydrogens is 180 g/mol. The molecule has 0 aromatic rings. The fourth-order valence-electron chi connectivity index (χ4n) is 0.765. The van der Waals surface area contributed by atoms with E-state index >= 15 is 0 Å². The van der Waals surface area contributed by atoms with Gasteiger partial charge in [-0.2, -0.15) is 0 Å². The smallest absolute Gasteiger partial charge is 0.405 e. The first kappa shape index (κ1) is 11.5. The monoisotopic (exact) mass is 194 g/mol. The minimum atomic E-state index is -0.757. The summed E-state index contributed by atoms with van der Waals surface area (Å²) in [6, 6.07) is 0. The van der Waals surface area contributed by atoms with Gasteiger partial charge in [-0.05, 0) is 13.8 Å². The number of amides is 1. The SMILES string of the molecule is CC(C)(CNCCCl)OC(N)=O. The van der Waals surface area contributed by atoms with Crippen LogP contribution < -0.4 is 11.1 Å². The summed E-state index contributed by atoms with van der Waals surface area (Å²) in [5, 5.41) is 3.02. The van der Waals surface area contributed by atoms with Crippen LogP contribution in [0.4, 0.5) is 4.79 Å². The highest BCUT2D eigenvalue weighted by Crippen LogP contribution is 2.06. The summed E-state index contributed by atoms with van der Waals surface area (Å²) in [6.07, 6.45) is -0.757. The van der Waals surface area contributed by atoms with Gasteiger partial charge in [0.1, 0.15) is 5.60 Å². The summed E-state index contributed by atoms with van der Waals surface area (Å²) in [5.74, 6) is 0.534. The second-order valence-corrected chi connectivity index (χ2v) is 3.42. The van der Waals surface area contributed by atoms with E-state index in [0.717, 1.165) is 0 Å². The Labute approximate surface area is 77.4 Å². The fourth-order valence-corrected chi connectivity index (χ4v) is 0.898. The van der Waals surface area contributed by atoms with E-state index in [4.69, 9.17) is 22.1 Å². The molecule has 0 bridgehead atoms. The van der Waals surface area contributed by atoms with Gasteiger partial charge in [-0.15, -0.1) is 11.6 Å². The van der Waals surface area contributed by atoms with E-state index in [1.807, 2.05) is 0 Å². The average Bonchev–Trinajstić information content (AvgIpc) is 1.84. The maximum absolute atomic E-state index is 10.4. The predicted molar refractivity (Wildman–Crippen MR) is 48.3 cm³/mol. The fraction of sp³-hybridized carbons (Fsp3) is 0.857. The van der Waals surface area contributed by atoms with Crippen molar-refractivity contribution in [3.05, 3.63) is 0 Å². The van der Waals surface area contributed by atoms with E-state index < -0.39 is 11.7 Å². The van der Waals surface area contributed by atoms with Crippen LogP contribution in [0.25, 0.3) is 0 Å². The number of rotatable bonds is 5. The van der Waals surface area contributed by atoms with Gasteiger partial charge >= 0.3 is 6.09 Å². The van der Waals surface area contributed by atoms with E-state index in [1.165, 1.54) is 0 Å². The molecule has 12 heavy (non-hydrogen) atoms. The molecule has 4 nitrogen and oxygen atoms in total. The number of primary amides is 1. The number of carbonyl (C=O) groups is 1. The number of alkyl halides is 1. The number of hydrogen-bond donors (Lipinski definition) is 2. The van der Waals surface area contributed by atoms with E-state index in [2.05, 4.69) is 5.32 Å². The third-order valence-electron chi connectivity index (χ3n) is 1.20. The van der Waals surface area contributed by atoms with Crippen LogP contribution in [0.3, 0.4) is 0 Å². The number of carbonyl (C=O) groups excluding carboxylic acids is 1. The zero-order chi connectivity index (χ0) is 9.61. The maximum Gasteiger partial charge on any atom is 0.405 e. The Morgan fingerprint density at radius 2 is 2.25 bits per heavy atom. The standard InChI is InChI=1S/C7H15ClN2O2/c1-7(2,12-6(9)11)5-10-4-3-8/h10H,3-5H2,1-2H3,(H2,9,11). The van der Waals surface area contributed by atoms with E-state index in [9.17, 15) is 4.79 Å². The predicted octanol–water partition coefficient (Wildman–Crippen LogP) is 0.689. The highest BCUT2D eigenvalue weighted by Gasteiger charge is 2.20. The molecule has 0 saturated carbocycles. The number of halogens is 1. The molecule has 0 unspecified atom stereocenters. The van der Waals surface area contributed by atoms with Gasteiger partial charge in [0.25, 0.3) is 0 Å². The van der Waals surface area contributed by atoms with Crippen LogP contribution in [0.5, 0.6) is 0 Å². The molecule has 0 spiro atoms. The van der Waals surface area contributed by atoms with Crippen molar-refractivity contribution in [2.75, 3.05) is 19.0 Å². The molecule has 0 atom stereocenters. The topological polar surface area (TPSA) is 64.3 Å². The maximum atomic E-state index is 10.4. The van der Waals surface area contributed by atoms with Gasteiger partial charge in [0.15, 0.2) is 0 Å². The van der Waals surface area contributed by atoms with Crippen molar-refractivity contribution in [2.24, 2.45) is 5.73 Å². The molecule has 5 heteroatoms. The largest absolute Gasteiger partial charge is 0.442 e. The van der Waals surface area contributed by atoms with E-state index in [1.54, 1.807) is 13.8 Å². The highest BCUT2D eigenvalue weighted by atomic mass is 35.5. The van der Waals surface area contributed by atoms with Gasteiger partial charge in [0.2, 0.25) is 0 Å². The Hall–Kier alpha value is -0.480. The summed E-state index contributed by atoms with van der Waals surface area (Å²) < 4.78 is 4.82. The lowest BCUT2D eigenvalue weighted by molar-refractivity contribution is 0.0462. The molecule has 1 amide bonds. The lowest BCUT2D eigenvalue weighted by Crippen LogP contribution is -2.41. The second kappa shape index (κ2) is 5.22. The number of ether oxygens (including phenoxy) is 1. The molecule has 0 rings (SSSR count). The normalized spacial score (nSPS) is 11.2. The van der Waals surface area contributed by atoms with Crippen molar-refractivity contribution in [2.45, 2.75) is 19.4 Å². The van der Waals surface area contributed by atoms with Gasteiger partial charge in [0, 0.05) is 19.0 Å². The molecule has 0 fully saturated rings. The lowest BCUT2D eigenvalue weighted by atomic mass is 10.1. The van der Waals surface area contributed by atoms with Crippen LogP contribution in [0.15, 0.2) is 0 Å². The third kappa shape index (κ3) is 6.24. The highest BCUT2D eigenvalue weighted by molar-refractivity contribution is 6.18. The third-order valence-corrected chi connectivity index (χ3v) is 1.39.